The highest BCUT2D eigenvalue weighted by molar-refractivity contribution is 5.79. The molecule has 2 unspecified atom stereocenters. The second-order valence-corrected chi connectivity index (χ2v) is 3.66. The Morgan fingerprint density at radius 3 is 2.85 bits per heavy atom. The average Bonchev–Trinajstić information content (AvgIpc) is 2.48. The molecule has 1 aliphatic heterocycles. The monoisotopic (exact) mass is 184 g/mol. The summed E-state index contributed by atoms with van der Waals surface area (Å²) in [5.41, 5.74) is 4.65. The van der Waals surface area contributed by atoms with Crippen LogP contribution in [-0.2, 0) is 4.79 Å². The Kier molecular flexibility index (Phi) is 2.73. The van der Waals surface area contributed by atoms with Gasteiger partial charge in [0.25, 0.3) is 0 Å². The molecule has 2 atom stereocenters. The molecule has 4 heteroatoms. The van der Waals surface area contributed by atoms with Crippen LogP contribution in [0, 0.1) is 0 Å². The SMILES string of the molecule is C=CC(C)N1CCC(N)(C(=O)O)C1. The van der Waals surface area contributed by atoms with E-state index >= 15 is 0 Å². The van der Waals surface area contributed by atoms with Crippen LogP contribution in [0.2, 0.25) is 0 Å². The first kappa shape index (κ1) is 10.2. The first-order chi connectivity index (χ1) is 5.99. The Labute approximate surface area is 78.0 Å². The molecule has 0 spiro atoms. The first-order valence-electron chi connectivity index (χ1n) is 4.38. The van der Waals surface area contributed by atoms with Crippen LogP contribution in [0.3, 0.4) is 0 Å². The summed E-state index contributed by atoms with van der Waals surface area (Å²) in [4.78, 5) is 12.8. The van der Waals surface area contributed by atoms with Crippen LogP contribution in [0.5, 0.6) is 0 Å². The molecule has 0 aromatic rings. The lowest BCUT2D eigenvalue weighted by molar-refractivity contribution is -0.142. The summed E-state index contributed by atoms with van der Waals surface area (Å²) in [6, 6.07) is 0.199. The fourth-order valence-electron chi connectivity index (χ4n) is 1.53. The smallest absolute Gasteiger partial charge is 0.325 e. The molecule has 1 aliphatic rings. The van der Waals surface area contributed by atoms with Crippen LogP contribution >= 0.6 is 0 Å². The predicted molar refractivity (Wildman–Crippen MR) is 50.4 cm³/mol. The summed E-state index contributed by atoms with van der Waals surface area (Å²) in [6.07, 6.45) is 2.31. The van der Waals surface area contributed by atoms with Gasteiger partial charge in [-0.05, 0) is 13.3 Å². The van der Waals surface area contributed by atoms with Crippen LogP contribution in [0.1, 0.15) is 13.3 Å². The standard InChI is InChI=1S/C9H16N2O2/c1-3-7(2)11-5-4-9(10,6-11)8(12)13/h3,7H,1,4-6,10H2,2H3,(H,12,13). The van der Waals surface area contributed by atoms with E-state index in [1.165, 1.54) is 0 Å². The third kappa shape index (κ3) is 1.89. The van der Waals surface area contributed by atoms with Crippen molar-refractivity contribution in [3.05, 3.63) is 12.7 Å². The van der Waals surface area contributed by atoms with Crippen molar-refractivity contribution in [2.24, 2.45) is 5.73 Å². The molecule has 0 saturated carbocycles. The van der Waals surface area contributed by atoms with E-state index in [-0.39, 0.29) is 6.04 Å². The number of likely N-dealkylation sites (tertiary alicyclic amines) is 1. The van der Waals surface area contributed by atoms with Gasteiger partial charge >= 0.3 is 5.97 Å². The lowest BCUT2D eigenvalue weighted by atomic mass is 10.0. The molecule has 13 heavy (non-hydrogen) atoms. The zero-order chi connectivity index (χ0) is 10.1. The number of carboxylic acids is 1. The van der Waals surface area contributed by atoms with Crippen molar-refractivity contribution in [2.75, 3.05) is 13.1 Å². The lowest BCUT2D eigenvalue weighted by Crippen LogP contribution is -2.50. The number of aliphatic carboxylic acids is 1. The number of rotatable bonds is 3. The van der Waals surface area contributed by atoms with Gasteiger partial charge in [0, 0.05) is 19.1 Å². The number of carbonyl (C=O) groups is 1. The number of nitrogens with two attached hydrogens (primary N) is 1. The molecule has 0 bridgehead atoms. The van der Waals surface area contributed by atoms with Gasteiger partial charge in [-0.25, -0.2) is 0 Å². The van der Waals surface area contributed by atoms with E-state index in [2.05, 4.69) is 6.58 Å². The third-order valence-corrected chi connectivity index (χ3v) is 2.67. The van der Waals surface area contributed by atoms with E-state index < -0.39 is 11.5 Å². The maximum atomic E-state index is 10.8. The van der Waals surface area contributed by atoms with Crippen molar-refractivity contribution in [3.63, 3.8) is 0 Å². The van der Waals surface area contributed by atoms with Gasteiger partial charge in [0.05, 0.1) is 0 Å². The largest absolute Gasteiger partial charge is 0.480 e. The molecule has 0 amide bonds. The Hall–Kier alpha value is -0.870. The molecule has 0 aliphatic carbocycles. The molecular formula is C9H16N2O2. The molecule has 0 radical (unpaired) electrons. The third-order valence-electron chi connectivity index (χ3n) is 2.67. The Bertz CT molecular complexity index is 230. The summed E-state index contributed by atoms with van der Waals surface area (Å²) in [6.45, 7) is 6.80. The lowest BCUT2D eigenvalue weighted by Gasteiger charge is -2.23. The van der Waals surface area contributed by atoms with Gasteiger partial charge in [-0.1, -0.05) is 6.08 Å². The van der Waals surface area contributed by atoms with E-state index in [9.17, 15) is 4.79 Å². The number of hydrogen-bond acceptors (Lipinski definition) is 3. The number of nitrogens with zero attached hydrogens (tertiary/aromatic N) is 1. The maximum absolute atomic E-state index is 10.8. The molecule has 4 nitrogen and oxygen atoms in total. The average molecular weight is 184 g/mol. The molecule has 3 N–H and O–H groups in total. The number of carboxylic acid groups (broad SMARTS) is 1. The molecule has 1 heterocycles. The molecule has 0 aromatic carbocycles. The zero-order valence-electron chi connectivity index (χ0n) is 7.86. The van der Waals surface area contributed by atoms with Crippen LogP contribution in [0.4, 0.5) is 0 Å². The summed E-state index contributed by atoms with van der Waals surface area (Å²) >= 11 is 0. The highest BCUT2D eigenvalue weighted by Crippen LogP contribution is 2.21. The summed E-state index contributed by atoms with van der Waals surface area (Å²) in [5, 5.41) is 8.87. The van der Waals surface area contributed by atoms with Crippen molar-refractivity contribution < 1.29 is 9.90 Å². The van der Waals surface area contributed by atoms with Crippen LogP contribution in [-0.4, -0.2) is 40.6 Å². The van der Waals surface area contributed by atoms with Crippen molar-refractivity contribution in [3.8, 4) is 0 Å². The molecule has 1 rings (SSSR count). The Balaban J connectivity index is 2.63. The van der Waals surface area contributed by atoms with Crippen molar-refractivity contribution in [1.82, 2.24) is 4.90 Å². The minimum Gasteiger partial charge on any atom is -0.480 e. The van der Waals surface area contributed by atoms with Gasteiger partial charge in [-0.3, -0.25) is 9.69 Å². The fourth-order valence-corrected chi connectivity index (χ4v) is 1.53. The molecule has 1 saturated heterocycles. The summed E-state index contributed by atoms with van der Waals surface area (Å²) in [7, 11) is 0. The Morgan fingerprint density at radius 2 is 2.46 bits per heavy atom. The topological polar surface area (TPSA) is 66.6 Å². The number of hydrogen-bond donors (Lipinski definition) is 2. The second kappa shape index (κ2) is 3.47. The zero-order valence-corrected chi connectivity index (χ0v) is 7.86. The van der Waals surface area contributed by atoms with Crippen molar-refractivity contribution in [1.29, 1.82) is 0 Å². The molecular weight excluding hydrogens is 168 g/mol. The molecule has 1 fully saturated rings. The fraction of sp³-hybridized carbons (Fsp3) is 0.667. The van der Waals surface area contributed by atoms with Gasteiger partial charge in [0.2, 0.25) is 0 Å². The highest BCUT2D eigenvalue weighted by atomic mass is 16.4. The minimum absolute atomic E-state index is 0.199. The molecule has 0 aromatic heterocycles. The van der Waals surface area contributed by atoms with E-state index in [0.29, 0.717) is 13.0 Å². The van der Waals surface area contributed by atoms with Crippen LogP contribution < -0.4 is 5.73 Å². The van der Waals surface area contributed by atoms with E-state index in [1.807, 2.05) is 11.8 Å². The normalized spacial score (nSPS) is 31.5. The van der Waals surface area contributed by atoms with E-state index in [4.69, 9.17) is 10.8 Å². The van der Waals surface area contributed by atoms with Gasteiger partial charge < -0.3 is 10.8 Å². The Morgan fingerprint density at radius 1 is 1.85 bits per heavy atom. The van der Waals surface area contributed by atoms with Gasteiger partial charge in [-0.2, -0.15) is 0 Å². The van der Waals surface area contributed by atoms with Gasteiger partial charge in [0.15, 0.2) is 0 Å². The predicted octanol–water partition coefficient (Wildman–Crippen LogP) is 0.0487. The minimum atomic E-state index is -1.06. The maximum Gasteiger partial charge on any atom is 0.325 e. The molecule has 74 valence electrons. The van der Waals surface area contributed by atoms with Crippen LogP contribution in [0.25, 0.3) is 0 Å². The first-order valence-corrected chi connectivity index (χ1v) is 4.38. The quantitative estimate of drug-likeness (QED) is 0.608. The summed E-state index contributed by atoms with van der Waals surface area (Å²) < 4.78 is 0. The van der Waals surface area contributed by atoms with Crippen molar-refractivity contribution in [2.45, 2.75) is 24.9 Å². The van der Waals surface area contributed by atoms with Gasteiger partial charge in [0.1, 0.15) is 5.54 Å². The highest BCUT2D eigenvalue weighted by Gasteiger charge is 2.41. The van der Waals surface area contributed by atoms with E-state index in [0.717, 1.165) is 6.54 Å². The van der Waals surface area contributed by atoms with Gasteiger partial charge in [-0.15, -0.1) is 6.58 Å². The van der Waals surface area contributed by atoms with Crippen LogP contribution in [0.15, 0.2) is 12.7 Å². The second-order valence-electron chi connectivity index (χ2n) is 3.66. The van der Waals surface area contributed by atoms with Crippen molar-refractivity contribution >= 4 is 5.97 Å². The summed E-state index contributed by atoms with van der Waals surface area (Å²) in [5.74, 6) is -0.911. The van der Waals surface area contributed by atoms with E-state index in [1.54, 1.807) is 6.08 Å².